The molecule has 1 aromatic heterocycles. The number of carbonyl (C=O) groups is 1. The van der Waals surface area contributed by atoms with Crippen molar-refractivity contribution < 1.29 is 17.9 Å². The second-order valence-electron chi connectivity index (χ2n) is 6.71. The van der Waals surface area contributed by atoms with Gasteiger partial charge in [0.1, 0.15) is 5.75 Å². The Bertz CT molecular complexity index is 829. The van der Waals surface area contributed by atoms with Crippen LogP contribution in [-0.4, -0.2) is 31.5 Å². The Morgan fingerprint density at radius 1 is 1.12 bits per heavy atom. The molecule has 1 aromatic carbocycles. The second kappa shape index (κ2) is 8.29. The number of ether oxygens (including phenoxy) is 1. The summed E-state index contributed by atoms with van der Waals surface area (Å²) in [7, 11) is -3.60. The third kappa shape index (κ3) is 6.45. The molecule has 0 bridgehead atoms. The van der Waals surface area contributed by atoms with E-state index in [1.807, 2.05) is 12.1 Å². The van der Waals surface area contributed by atoms with Crippen molar-refractivity contribution in [2.75, 3.05) is 6.61 Å². The van der Waals surface area contributed by atoms with Crippen LogP contribution >= 0.6 is 0 Å². The Kier molecular flexibility index (Phi) is 6.33. The standard InChI is InChI=1S/C18H23N3O4S/c1-18(2,3)21-26(23,24)16-9-7-15(8-10-16)25-13-17(22)20-12-14-6-4-5-11-19-14/h4-11,21H,12-13H2,1-3H3,(H,20,22). The van der Waals surface area contributed by atoms with E-state index in [1.54, 1.807) is 33.0 Å². The van der Waals surface area contributed by atoms with Gasteiger partial charge in [-0.25, -0.2) is 13.1 Å². The number of nitrogens with one attached hydrogen (secondary N) is 2. The quantitative estimate of drug-likeness (QED) is 0.767. The number of carbonyl (C=O) groups excluding carboxylic acids is 1. The van der Waals surface area contributed by atoms with Gasteiger partial charge < -0.3 is 10.1 Å². The summed E-state index contributed by atoms with van der Waals surface area (Å²) < 4.78 is 32.4. The number of benzene rings is 1. The molecule has 0 aliphatic rings. The molecule has 140 valence electrons. The van der Waals surface area contributed by atoms with E-state index in [4.69, 9.17) is 4.74 Å². The largest absolute Gasteiger partial charge is 0.484 e. The Morgan fingerprint density at radius 2 is 1.81 bits per heavy atom. The molecule has 0 atom stereocenters. The number of nitrogens with zero attached hydrogens (tertiary/aromatic N) is 1. The fraction of sp³-hybridized carbons (Fsp3) is 0.333. The maximum Gasteiger partial charge on any atom is 0.258 e. The van der Waals surface area contributed by atoms with Crippen LogP contribution in [0, 0.1) is 0 Å². The van der Waals surface area contributed by atoms with Crippen LogP contribution in [0.5, 0.6) is 5.75 Å². The van der Waals surface area contributed by atoms with Crippen LogP contribution in [0.4, 0.5) is 0 Å². The molecule has 7 nitrogen and oxygen atoms in total. The maximum absolute atomic E-state index is 12.2. The summed E-state index contributed by atoms with van der Waals surface area (Å²) in [5.41, 5.74) is 0.182. The molecule has 1 amide bonds. The first kappa shape index (κ1) is 19.9. The van der Waals surface area contributed by atoms with Crippen molar-refractivity contribution in [1.29, 1.82) is 0 Å². The summed E-state index contributed by atoms with van der Waals surface area (Å²) in [6.45, 7) is 5.46. The Balaban J connectivity index is 1.86. The molecular weight excluding hydrogens is 354 g/mol. The van der Waals surface area contributed by atoms with E-state index in [0.29, 0.717) is 12.3 Å². The van der Waals surface area contributed by atoms with E-state index >= 15 is 0 Å². The van der Waals surface area contributed by atoms with E-state index in [0.717, 1.165) is 5.69 Å². The monoisotopic (exact) mass is 377 g/mol. The summed E-state index contributed by atoms with van der Waals surface area (Å²) in [5.74, 6) is 0.120. The fourth-order valence-electron chi connectivity index (χ4n) is 2.07. The summed E-state index contributed by atoms with van der Waals surface area (Å²) >= 11 is 0. The van der Waals surface area contributed by atoms with E-state index in [9.17, 15) is 13.2 Å². The van der Waals surface area contributed by atoms with Gasteiger partial charge in [-0.1, -0.05) is 6.07 Å². The fourth-order valence-corrected chi connectivity index (χ4v) is 3.49. The summed E-state index contributed by atoms with van der Waals surface area (Å²) in [5, 5.41) is 2.70. The van der Waals surface area contributed by atoms with Crippen LogP contribution in [0.25, 0.3) is 0 Å². The number of hydrogen-bond donors (Lipinski definition) is 2. The molecule has 2 aromatic rings. The highest BCUT2D eigenvalue weighted by Crippen LogP contribution is 2.17. The van der Waals surface area contributed by atoms with Gasteiger partial charge in [0, 0.05) is 11.7 Å². The highest BCUT2D eigenvalue weighted by atomic mass is 32.2. The third-order valence-electron chi connectivity index (χ3n) is 3.14. The lowest BCUT2D eigenvalue weighted by Gasteiger charge is -2.20. The maximum atomic E-state index is 12.2. The lowest BCUT2D eigenvalue weighted by Crippen LogP contribution is -2.40. The van der Waals surface area contributed by atoms with Gasteiger partial charge in [0.15, 0.2) is 6.61 Å². The zero-order valence-electron chi connectivity index (χ0n) is 15.0. The van der Waals surface area contributed by atoms with Gasteiger partial charge in [-0.2, -0.15) is 0 Å². The van der Waals surface area contributed by atoms with E-state index in [-0.39, 0.29) is 17.4 Å². The average Bonchev–Trinajstić information content (AvgIpc) is 2.57. The molecule has 2 rings (SSSR count). The summed E-state index contributed by atoms with van der Waals surface area (Å²) in [6.07, 6.45) is 1.65. The minimum absolute atomic E-state index is 0.138. The summed E-state index contributed by atoms with van der Waals surface area (Å²) in [6, 6.07) is 11.4. The van der Waals surface area contributed by atoms with Gasteiger partial charge >= 0.3 is 0 Å². The van der Waals surface area contributed by atoms with Gasteiger partial charge in [0.2, 0.25) is 10.0 Å². The molecule has 0 aliphatic carbocycles. The Morgan fingerprint density at radius 3 is 2.38 bits per heavy atom. The van der Waals surface area contributed by atoms with E-state index in [2.05, 4.69) is 15.0 Å². The Hall–Kier alpha value is -2.45. The number of amides is 1. The molecule has 0 aliphatic heterocycles. The molecule has 0 fully saturated rings. The normalized spacial score (nSPS) is 11.8. The van der Waals surface area contributed by atoms with Crippen molar-refractivity contribution in [3.63, 3.8) is 0 Å². The van der Waals surface area contributed by atoms with Gasteiger partial charge in [-0.05, 0) is 57.2 Å². The molecule has 0 spiro atoms. The van der Waals surface area contributed by atoms with Crippen molar-refractivity contribution in [2.45, 2.75) is 37.8 Å². The molecular formula is C18H23N3O4S. The molecule has 0 radical (unpaired) electrons. The lowest BCUT2D eigenvalue weighted by molar-refractivity contribution is -0.123. The van der Waals surface area contributed by atoms with Crippen molar-refractivity contribution >= 4 is 15.9 Å². The van der Waals surface area contributed by atoms with Crippen molar-refractivity contribution in [2.24, 2.45) is 0 Å². The van der Waals surface area contributed by atoms with E-state index < -0.39 is 15.6 Å². The number of rotatable bonds is 7. The predicted molar refractivity (Wildman–Crippen MR) is 98.1 cm³/mol. The topological polar surface area (TPSA) is 97.4 Å². The summed E-state index contributed by atoms with van der Waals surface area (Å²) in [4.78, 5) is 16.0. The van der Waals surface area contributed by atoms with Crippen LogP contribution in [0.1, 0.15) is 26.5 Å². The number of hydrogen-bond acceptors (Lipinski definition) is 5. The van der Waals surface area contributed by atoms with Crippen LogP contribution in [-0.2, 0) is 21.4 Å². The zero-order chi connectivity index (χ0) is 19.2. The third-order valence-corrected chi connectivity index (χ3v) is 4.91. The van der Waals surface area contributed by atoms with Crippen LogP contribution in [0.3, 0.4) is 0 Å². The minimum atomic E-state index is -3.60. The van der Waals surface area contributed by atoms with Crippen LogP contribution in [0.15, 0.2) is 53.6 Å². The zero-order valence-corrected chi connectivity index (χ0v) is 15.8. The molecule has 0 unspecified atom stereocenters. The molecule has 1 heterocycles. The SMILES string of the molecule is CC(C)(C)NS(=O)(=O)c1ccc(OCC(=O)NCc2ccccn2)cc1. The van der Waals surface area contributed by atoms with Crippen LogP contribution in [0.2, 0.25) is 0 Å². The van der Waals surface area contributed by atoms with Crippen molar-refractivity contribution in [3.05, 3.63) is 54.4 Å². The number of aromatic nitrogens is 1. The van der Waals surface area contributed by atoms with Crippen molar-refractivity contribution in [1.82, 2.24) is 15.0 Å². The highest BCUT2D eigenvalue weighted by molar-refractivity contribution is 7.89. The first-order valence-electron chi connectivity index (χ1n) is 8.09. The van der Waals surface area contributed by atoms with Gasteiger partial charge in [0.25, 0.3) is 5.91 Å². The molecule has 26 heavy (non-hydrogen) atoms. The molecule has 8 heteroatoms. The lowest BCUT2D eigenvalue weighted by atomic mass is 10.1. The average molecular weight is 377 g/mol. The highest BCUT2D eigenvalue weighted by Gasteiger charge is 2.21. The van der Waals surface area contributed by atoms with Gasteiger partial charge in [-0.15, -0.1) is 0 Å². The molecule has 0 saturated heterocycles. The second-order valence-corrected chi connectivity index (χ2v) is 8.40. The van der Waals surface area contributed by atoms with Gasteiger partial charge in [0.05, 0.1) is 17.1 Å². The van der Waals surface area contributed by atoms with E-state index in [1.165, 1.54) is 24.3 Å². The molecule has 0 saturated carbocycles. The molecule has 2 N–H and O–H groups in total. The van der Waals surface area contributed by atoms with Crippen LogP contribution < -0.4 is 14.8 Å². The first-order valence-corrected chi connectivity index (χ1v) is 9.57. The first-order chi connectivity index (χ1) is 12.2. The number of pyridine rings is 1. The van der Waals surface area contributed by atoms with Gasteiger partial charge in [-0.3, -0.25) is 9.78 Å². The Labute approximate surface area is 153 Å². The number of sulfonamides is 1. The smallest absolute Gasteiger partial charge is 0.258 e. The van der Waals surface area contributed by atoms with Crippen molar-refractivity contribution in [3.8, 4) is 5.75 Å². The minimum Gasteiger partial charge on any atom is -0.484 e. The predicted octanol–water partition coefficient (Wildman–Crippen LogP) is 1.85.